The lowest BCUT2D eigenvalue weighted by molar-refractivity contribution is -0.149. The lowest BCUT2D eigenvalue weighted by Gasteiger charge is -2.36. The monoisotopic (exact) mass is 422 g/mol. The third kappa shape index (κ3) is 4.09. The maximum Gasteiger partial charge on any atom is 0.329 e. The minimum absolute atomic E-state index is 0.0826. The first-order valence-electron chi connectivity index (χ1n) is 9.05. The van der Waals surface area contributed by atoms with Crippen molar-refractivity contribution in [2.75, 3.05) is 20.8 Å². The molecule has 0 spiro atoms. The van der Waals surface area contributed by atoms with Crippen LogP contribution >= 0.6 is 0 Å². The molecule has 0 bridgehead atoms. The summed E-state index contributed by atoms with van der Waals surface area (Å²) in [4.78, 5) is 44.9. The third-order valence-electron chi connectivity index (χ3n) is 4.84. The summed E-state index contributed by atoms with van der Waals surface area (Å²) in [6, 6.07) is 0.553. The highest BCUT2D eigenvalue weighted by Gasteiger charge is 2.38. The molecule has 2 atom stereocenters. The number of amides is 2. The molecular weight excluding hydrogens is 402 g/mol. The highest BCUT2D eigenvalue weighted by Crippen LogP contribution is 2.35. The molecule has 1 aliphatic heterocycles. The Hall–Kier alpha value is -3.50. The molecule has 0 radical (unpaired) electrons. The number of fused-ring (bicyclic) bond motifs is 1. The van der Waals surface area contributed by atoms with E-state index in [1.54, 1.807) is 0 Å². The number of aromatic nitrogens is 2. The Kier molecular flexibility index (Phi) is 6.28. The maximum atomic E-state index is 14.6. The van der Waals surface area contributed by atoms with Gasteiger partial charge in [0.05, 0.1) is 32.7 Å². The van der Waals surface area contributed by atoms with E-state index in [1.807, 2.05) is 0 Å². The summed E-state index contributed by atoms with van der Waals surface area (Å²) in [7, 11) is 2.26. The van der Waals surface area contributed by atoms with E-state index >= 15 is 0 Å². The fourth-order valence-electron chi connectivity index (χ4n) is 3.36. The summed E-state index contributed by atoms with van der Waals surface area (Å²) < 4.78 is 37.6. The van der Waals surface area contributed by atoms with Gasteiger partial charge in [-0.1, -0.05) is 12.1 Å². The van der Waals surface area contributed by atoms with E-state index in [0.29, 0.717) is 17.8 Å². The standard InChI is InChI=1S/C19H20F2N4O5/c1-29-14(26)8-13(18(27)30-2)24-19(28)25-7-6-12-16(23-9-22-12)17(25)10-4-3-5-11(20)15(10)21/h3-5,9,13,17H,6-8H2,1-2H3,(H,22,23)(H,24,28). The number of aromatic amines is 1. The molecule has 1 aliphatic rings. The summed E-state index contributed by atoms with van der Waals surface area (Å²) in [5.41, 5.74) is 0.969. The fraction of sp³-hybridized carbons (Fsp3) is 0.368. The number of benzene rings is 1. The molecule has 0 saturated heterocycles. The number of esters is 2. The molecule has 2 N–H and O–H groups in total. The van der Waals surface area contributed by atoms with Crippen LogP contribution in [0, 0.1) is 11.6 Å². The summed E-state index contributed by atoms with van der Waals surface area (Å²) in [5.74, 6) is -3.74. The molecule has 2 amide bonds. The molecule has 11 heteroatoms. The van der Waals surface area contributed by atoms with Crippen LogP contribution in [0.15, 0.2) is 24.5 Å². The number of hydrogen-bond acceptors (Lipinski definition) is 6. The molecule has 3 rings (SSSR count). The third-order valence-corrected chi connectivity index (χ3v) is 4.84. The second-order valence-electron chi connectivity index (χ2n) is 6.56. The zero-order valence-corrected chi connectivity index (χ0v) is 16.3. The van der Waals surface area contributed by atoms with Gasteiger partial charge in [-0.05, 0) is 6.07 Å². The van der Waals surface area contributed by atoms with Gasteiger partial charge in [-0.3, -0.25) is 4.79 Å². The van der Waals surface area contributed by atoms with Gasteiger partial charge in [-0.15, -0.1) is 0 Å². The number of nitrogens with zero attached hydrogens (tertiary/aromatic N) is 2. The van der Waals surface area contributed by atoms with E-state index in [4.69, 9.17) is 0 Å². The van der Waals surface area contributed by atoms with Gasteiger partial charge in [-0.2, -0.15) is 0 Å². The van der Waals surface area contributed by atoms with Crippen LogP contribution in [-0.2, 0) is 25.5 Å². The Labute approximate surface area is 170 Å². The van der Waals surface area contributed by atoms with Crippen LogP contribution in [0.5, 0.6) is 0 Å². The van der Waals surface area contributed by atoms with E-state index < -0.39 is 48.1 Å². The fourth-order valence-corrected chi connectivity index (χ4v) is 3.36. The number of ether oxygens (including phenoxy) is 2. The molecule has 1 aromatic carbocycles. The van der Waals surface area contributed by atoms with Crippen LogP contribution in [0.2, 0.25) is 0 Å². The molecule has 0 fully saturated rings. The molecular formula is C19H20F2N4O5. The zero-order valence-electron chi connectivity index (χ0n) is 16.3. The maximum absolute atomic E-state index is 14.6. The van der Waals surface area contributed by atoms with Gasteiger partial charge in [0.25, 0.3) is 0 Å². The summed E-state index contributed by atoms with van der Waals surface area (Å²) in [6.45, 7) is 0.133. The van der Waals surface area contributed by atoms with Crippen molar-refractivity contribution in [3.8, 4) is 0 Å². The zero-order chi connectivity index (χ0) is 21.8. The molecule has 9 nitrogen and oxygen atoms in total. The number of hydrogen-bond donors (Lipinski definition) is 2. The Bertz CT molecular complexity index is 964. The van der Waals surface area contributed by atoms with Gasteiger partial charge >= 0.3 is 18.0 Å². The van der Waals surface area contributed by atoms with Gasteiger partial charge < -0.3 is 24.7 Å². The number of carbonyl (C=O) groups excluding carboxylic acids is 3. The van der Waals surface area contributed by atoms with Crippen LogP contribution in [0.25, 0.3) is 0 Å². The van der Waals surface area contributed by atoms with E-state index in [1.165, 1.54) is 23.4 Å². The Morgan fingerprint density at radius 3 is 2.77 bits per heavy atom. The lowest BCUT2D eigenvalue weighted by Crippen LogP contribution is -2.52. The molecule has 2 heterocycles. The Morgan fingerprint density at radius 2 is 2.07 bits per heavy atom. The predicted octanol–water partition coefficient (Wildman–Crippen LogP) is 1.45. The molecule has 2 aromatic rings. The number of urea groups is 1. The van der Waals surface area contributed by atoms with Gasteiger partial charge in [0, 0.05) is 24.2 Å². The number of carbonyl (C=O) groups is 3. The lowest BCUT2D eigenvalue weighted by atomic mass is 9.95. The number of methoxy groups -OCH3 is 2. The largest absolute Gasteiger partial charge is 0.469 e. The Morgan fingerprint density at radius 1 is 1.30 bits per heavy atom. The van der Waals surface area contributed by atoms with Crippen LogP contribution in [-0.4, -0.2) is 59.6 Å². The van der Waals surface area contributed by atoms with E-state index in [9.17, 15) is 23.2 Å². The van der Waals surface area contributed by atoms with Crippen LogP contribution in [0.4, 0.5) is 13.6 Å². The van der Waals surface area contributed by atoms with Crippen molar-refractivity contribution in [3.05, 3.63) is 53.1 Å². The second kappa shape index (κ2) is 8.89. The van der Waals surface area contributed by atoms with Gasteiger partial charge in [0.1, 0.15) is 12.1 Å². The van der Waals surface area contributed by atoms with Crippen molar-refractivity contribution >= 4 is 18.0 Å². The summed E-state index contributed by atoms with van der Waals surface area (Å²) >= 11 is 0. The molecule has 1 aromatic heterocycles. The van der Waals surface area contributed by atoms with E-state index in [2.05, 4.69) is 24.8 Å². The molecule has 0 saturated carbocycles. The predicted molar refractivity (Wildman–Crippen MR) is 98.2 cm³/mol. The normalized spacial score (nSPS) is 16.4. The summed E-state index contributed by atoms with van der Waals surface area (Å²) in [5, 5.41) is 2.42. The summed E-state index contributed by atoms with van der Waals surface area (Å²) in [6.07, 6.45) is 1.34. The average Bonchev–Trinajstić information content (AvgIpc) is 3.22. The van der Waals surface area contributed by atoms with E-state index in [-0.39, 0.29) is 12.1 Å². The topological polar surface area (TPSA) is 114 Å². The molecule has 2 unspecified atom stereocenters. The number of H-pyrrole nitrogens is 1. The number of rotatable bonds is 5. The quantitative estimate of drug-likeness (QED) is 0.705. The highest BCUT2D eigenvalue weighted by atomic mass is 19.2. The van der Waals surface area contributed by atoms with Crippen molar-refractivity contribution in [3.63, 3.8) is 0 Å². The van der Waals surface area contributed by atoms with Crippen molar-refractivity contribution < 1.29 is 32.6 Å². The first-order valence-corrected chi connectivity index (χ1v) is 9.05. The first kappa shape index (κ1) is 21.2. The highest BCUT2D eigenvalue weighted by molar-refractivity contribution is 5.87. The van der Waals surface area contributed by atoms with Gasteiger partial charge in [-0.25, -0.2) is 23.4 Å². The minimum atomic E-state index is -1.31. The number of halogens is 2. The number of nitrogens with one attached hydrogen (secondary N) is 2. The van der Waals surface area contributed by atoms with Crippen molar-refractivity contribution in [1.82, 2.24) is 20.2 Å². The first-order chi connectivity index (χ1) is 14.4. The van der Waals surface area contributed by atoms with Crippen molar-refractivity contribution in [1.29, 1.82) is 0 Å². The average molecular weight is 422 g/mol. The molecule has 0 aliphatic carbocycles. The van der Waals surface area contributed by atoms with Crippen molar-refractivity contribution in [2.24, 2.45) is 0 Å². The van der Waals surface area contributed by atoms with Crippen LogP contribution in [0.3, 0.4) is 0 Å². The molecule has 30 heavy (non-hydrogen) atoms. The SMILES string of the molecule is COC(=O)CC(NC(=O)N1CCc2[nH]cnc2C1c1cccc(F)c1F)C(=O)OC. The molecule has 160 valence electrons. The van der Waals surface area contributed by atoms with Gasteiger partial charge in [0.2, 0.25) is 0 Å². The second-order valence-corrected chi connectivity index (χ2v) is 6.56. The minimum Gasteiger partial charge on any atom is -0.469 e. The Balaban J connectivity index is 1.94. The van der Waals surface area contributed by atoms with E-state index in [0.717, 1.165) is 20.3 Å². The van der Waals surface area contributed by atoms with Crippen molar-refractivity contribution in [2.45, 2.75) is 24.9 Å². The smallest absolute Gasteiger partial charge is 0.329 e. The number of imidazole rings is 1. The van der Waals surface area contributed by atoms with Crippen LogP contribution in [0.1, 0.15) is 29.4 Å². The van der Waals surface area contributed by atoms with Crippen LogP contribution < -0.4 is 5.32 Å². The van der Waals surface area contributed by atoms with Gasteiger partial charge in [0.15, 0.2) is 11.6 Å².